The summed E-state index contributed by atoms with van der Waals surface area (Å²) in [5, 5.41) is 3.91. The van der Waals surface area contributed by atoms with Gasteiger partial charge in [-0.15, -0.1) is 0 Å². The Balaban J connectivity index is 2.23. The van der Waals surface area contributed by atoms with E-state index in [0.717, 1.165) is 24.3 Å². The molecule has 192 valence electrons. The molecule has 0 radical (unpaired) electrons. The van der Waals surface area contributed by atoms with Crippen LogP contribution in [0.5, 0.6) is 5.75 Å². The van der Waals surface area contributed by atoms with E-state index >= 15 is 0 Å². The molecule has 0 atom stereocenters. The number of ether oxygens (including phenoxy) is 1. The van der Waals surface area contributed by atoms with Crippen LogP contribution in [0.25, 0.3) is 11.3 Å². The van der Waals surface area contributed by atoms with Gasteiger partial charge >= 0.3 is 6.18 Å². The first kappa shape index (κ1) is 22.8. The van der Waals surface area contributed by atoms with E-state index in [4.69, 9.17) is 26.2 Å². The highest BCUT2D eigenvalue weighted by molar-refractivity contribution is 6.34. The lowest BCUT2D eigenvalue weighted by Gasteiger charge is -2.23. The molecule has 2 N–H and O–H groups in total. The van der Waals surface area contributed by atoms with E-state index in [2.05, 4.69) is 5.10 Å². The summed E-state index contributed by atoms with van der Waals surface area (Å²) in [6.45, 7) is -1.56. The molecule has 1 heterocycles. The van der Waals surface area contributed by atoms with Crippen molar-refractivity contribution in [3.8, 4) is 17.0 Å². The topological polar surface area (TPSA) is 90.5 Å². The second kappa shape index (κ2) is 10.6. The van der Waals surface area contributed by atoms with Crippen molar-refractivity contribution >= 4 is 29.1 Å². The van der Waals surface area contributed by atoms with Crippen LogP contribution in [0.2, 0.25) is 5.02 Å². The fourth-order valence-corrected chi connectivity index (χ4v) is 3.62. The van der Waals surface area contributed by atoms with Crippen molar-refractivity contribution in [1.29, 1.82) is 0 Å². The molecule has 1 aromatic heterocycles. The van der Waals surface area contributed by atoms with Gasteiger partial charge in [-0.05, 0) is 44.2 Å². The monoisotopic (exact) mass is 529 g/mol. The minimum Gasteiger partial charge on any atom is -0.482 e. The average molecular weight is 530 g/mol. The highest BCUT2D eigenvalue weighted by Gasteiger charge is 2.30. The van der Waals surface area contributed by atoms with Crippen LogP contribution in [0.4, 0.5) is 23.2 Å². The van der Waals surface area contributed by atoms with Crippen LogP contribution in [0, 0.1) is 5.82 Å². The summed E-state index contributed by atoms with van der Waals surface area (Å²) >= 11 is 5.96. The number of amides is 2. The highest BCUT2D eigenvalue weighted by atomic mass is 35.5. The van der Waals surface area contributed by atoms with E-state index in [9.17, 15) is 27.2 Å². The summed E-state index contributed by atoms with van der Waals surface area (Å²) in [7, 11) is 0. The number of nitrogens with two attached hydrogens (primary N) is 1. The van der Waals surface area contributed by atoms with Crippen molar-refractivity contribution in [3.63, 3.8) is 0 Å². The molecule has 3 rings (SSSR count). The number of aromatic nitrogens is 2. The standard InChI is InChI=1S/C24H23ClF4N4O3/c1-13(2)33-19(10-15(31-33)11-21(30)34)14-7-8-18(20(9-14)36-12-24(27,28)29)32(3)23(35)22-16(25)5-4-6-17(22)26/h4-10,13H,11-12H2,1-3H3,(H2,30,34)/i3D3. The molecule has 12 heteroatoms. The van der Waals surface area contributed by atoms with Gasteiger partial charge in [0.1, 0.15) is 11.6 Å². The van der Waals surface area contributed by atoms with E-state index in [0.29, 0.717) is 11.4 Å². The molecule has 2 aromatic carbocycles. The van der Waals surface area contributed by atoms with Crippen LogP contribution >= 0.6 is 11.6 Å². The molecule has 0 spiro atoms. The lowest BCUT2D eigenvalue weighted by atomic mass is 10.1. The van der Waals surface area contributed by atoms with Crippen molar-refractivity contribution < 1.29 is 36.0 Å². The molecule has 0 aliphatic carbocycles. The fraction of sp³-hybridized carbons (Fsp3) is 0.292. The third-order valence-electron chi connectivity index (χ3n) is 4.90. The van der Waals surface area contributed by atoms with Crippen molar-refractivity contribution in [2.24, 2.45) is 5.73 Å². The number of carbonyl (C=O) groups excluding carboxylic acids is 2. The zero-order valence-corrected chi connectivity index (χ0v) is 19.8. The van der Waals surface area contributed by atoms with Crippen LogP contribution in [-0.2, 0) is 11.2 Å². The van der Waals surface area contributed by atoms with Gasteiger partial charge in [0.2, 0.25) is 5.91 Å². The summed E-state index contributed by atoms with van der Waals surface area (Å²) in [6.07, 6.45) is -5.02. The van der Waals surface area contributed by atoms with Crippen molar-refractivity contribution in [1.82, 2.24) is 9.78 Å². The number of rotatable bonds is 8. The Labute approximate surface area is 213 Å². The van der Waals surface area contributed by atoms with Gasteiger partial charge in [-0.25, -0.2) is 4.39 Å². The van der Waals surface area contributed by atoms with Crippen LogP contribution in [0.15, 0.2) is 42.5 Å². The number of nitrogens with zero attached hydrogens (tertiary/aromatic N) is 3. The summed E-state index contributed by atoms with van der Waals surface area (Å²) in [4.78, 5) is 24.8. The van der Waals surface area contributed by atoms with Gasteiger partial charge in [0, 0.05) is 22.7 Å². The molecule has 36 heavy (non-hydrogen) atoms. The SMILES string of the molecule is [2H]C([2H])([2H])N(C(=O)c1c(F)cccc1Cl)c1ccc(-c2cc(CC(N)=O)nn2C(C)C)cc1OCC(F)(F)F. The van der Waals surface area contributed by atoms with E-state index in [1.165, 1.54) is 22.9 Å². The van der Waals surface area contributed by atoms with E-state index < -0.39 is 59.4 Å². The summed E-state index contributed by atoms with van der Waals surface area (Å²) in [5.41, 5.74) is 4.77. The molecule has 0 saturated heterocycles. The van der Waals surface area contributed by atoms with Crippen LogP contribution in [0.1, 0.15) is 40.1 Å². The third kappa shape index (κ3) is 6.14. The van der Waals surface area contributed by atoms with E-state index in [-0.39, 0.29) is 22.9 Å². The number of primary amides is 1. The first-order chi connectivity index (χ1) is 18.0. The van der Waals surface area contributed by atoms with E-state index in [1.54, 1.807) is 13.8 Å². The maximum Gasteiger partial charge on any atom is 0.422 e. The Morgan fingerprint density at radius 3 is 2.56 bits per heavy atom. The number of halogens is 5. The van der Waals surface area contributed by atoms with Crippen LogP contribution in [0.3, 0.4) is 0 Å². The van der Waals surface area contributed by atoms with Crippen LogP contribution < -0.4 is 15.4 Å². The van der Waals surface area contributed by atoms with Crippen molar-refractivity contribution in [2.45, 2.75) is 32.5 Å². The predicted octanol–water partition coefficient (Wildman–Crippen LogP) is 5.17. The molecule has 0 bridgehead atoms. The first-order valence-corrected chi connectivity index (χ1v) is 10.9. The lowest BCUT2D eigenvalue weighted by molar-refractivity contribution is -0.153. The number of alkyl halides is 3. The maximum atomic E-state index is 14.5. The zero-order valence-electron chi connectivity index (χ0n) is 22.1. The molecular formula is C24H23ClF4N4O3. The smallest absolute Gasteiger partial charge is 0.422 e. The Kier molecular flexibility index (Phi) is 6.70. The molecular weight excluding hydrogens is 504 g/mol. The fourth-order valence-electron chi connectivity index (χ4n) is 3.38. The number of hydrogen-bond donors (Lipinski definition) is 1. The van der Waals surface area contributed by atoms with Crippen molar-refractivity contribution in [2.75, 3.05) is 18.5 Å². The summed E-state index contributed by atoms with van der Waals surface area (Å²) in [5.74, 6) is -3.83. The van der Waals surface area contributed by atoms with Crippen molar-refractivity contribution in [3.05, 3.63) is 64.6 Å². The van der Waals surface area contributed by atoms with E-state index in [1.807, 2.05) is 0 Å². The molecule has 0 unspecified atom stereocenters. The summed E-state index contributed by atoms with van der Waals surface area (Å²) in [6, 6.07) is 7.98. The highest BCUT2D eigenvalue weighted by Crippen LogP contribution is 2.36. The first-order valence-electron chi connectivity index (χ1n) is 12.0. The summed E-state index contributed by atoms with van der Waals surface area (Å²) < 4.78 is 84.1. The lowest BCUT2D eigenvalue weighted by Crippen LogP contribution is -2.28. The molecule has 0 saturated carbocycles. The second-order valence-electron chi connectivity index (χ2n) is 8.03. The number of benzene rings is 2. The normalized spacial score (nSPS) is 13.2. The maximum absolute atomic E-state index is 14.5. The quantitative estimate of drug-likeness (QED) is 0.408. The van der Waals surface area contributed by atoms with Gasteiger partial charge in [-0.2, -0.15) is 18.3 Å². The van der Waals surface area contributed by atoms with Gasteiger partial charge in [0.25, 0.3) is 5.91 Å². The van der Waals surface area contributed by atoms with Gasteiger partial charge < -0.3 is 15.4 Å². The third-order valence-corrected chi connectivity index (χ3v) is 5.21. The Bertz CT molecular complexity index is 1370. The number of anilines is 1. The molecule has 0 aliphatic rings. The van der Waals surface area contributed by atoms with Gasteiger partial charge in [0.05, 0.1) is 34.1 Å². The Hall–Kier alpha value is -3.60. The molecule has 0 aliphatic heterocycles. The minimum absolute atomic E-state index is 0.144. The minimum atomic E-state index is -4.81. The average Bonchev–Trinajstić information content (AvgIpc) is 3.20. The largest absolute Gasteiger partial charge is 0.482 e. The number of hydrogen-bond acceptors (Lipinski definition) is 4. The second-order valence-corrected chi connectivity index (χ2v) is 8.43. The van der Waals surface area contributed by atoms with Gasteiger partial charge in [-0.3, -0.25) is 14.3 Å². The Morgan fingerprint density at radius 2 is 1.97 bits per heavy atom. The molecule has 2 amide bonds. The molecule has 3 aromatic rings. The van der Waals surface area contributed by atoms with Gasteiger partial charge in [-0.1, -0.05) is 23.7 Å². The van der Waals surface area contributed by atoms with Gasteiger partial charge in [0.15, 0.2) is 6.61 Å². The number of carbonyl (C=O) groups is 2. The Morgan fingerprint density at radius 1 is 1.25 bits per heavy atom. The zero-order chi connectivity index (χ0) is 29.3. The molecule has 0 fully saturated rings. The van der Waals surface area contributed by atoms with Crippen LogP contribution in [-0.4, -0.2) is 41.4 Å². The molecule has 7 nitrogen and oxygen atoms in total. The predicted molar refractivity (Wildman–Crippen MR) is 127 cm³/mol.